The second-order valence-corrected chi connectivity index (χ2v) is 8.20. The monoisotopic (exact) mass is 280 g/mol. The molecule has 0 amide bonds. The molecule has 1 aliphatic heterocycles. The van der Waals surface area contributed by atoms with Crippen molar-refractivity contribution in [3.05, 3.63) is 23.7 Å². The molecule has 0 spiro atoms. The van der Waals surface area contributed by atoms with Gasteiger partial charge in [0.25, 0.3) is 0 Å². The maximum Gasteiger partial charge on any atom is 0.118 e. The van der Waals surface area contributed by atoms with E-state index in [9.17, 15) is 0 Å². The molecule has 1 N–H and O–H groups in total. The van der Waals surface area contributed by atoms with Gasteiger partial charge >= 0.3 is 0 Å². The highest BCUT2D eigenvalue weighted by Gasteiger charge is 2.27. The quantitative estimate of drug-likeness (QED) is 0.898. The molecule has 19 heavy (non-hydrogen) atoms. The van der Waals surface area contributed by atoms with E-state index >= 15 is 0 Å². The van der Waals surface area contributed by atoms with Crippen LogP contribution in [0.1, 0.15) is 38.0 Å². The van der Waals surface area contributed by atoms with Crippen molar-refractivity contribution in [1.29, 1.82) is 0 Å². The molecule has 4 heteroatoms. The standard InChI is InChI=1S/C15H24N2OS/c1-15(2)11-17(5-6-19-15)9-14-7-12(10-18-14)8-16-13-3-4-13/h7,10,13,16H,3-6,8-9,11H2,1-2H3. The molecule has 1 aromatic rings. The Kier molecular flexibility index (Phi) is 3.92. The fraction of sp³-hybridized carbons (Fsp3) is 0.733. The fourth-order valence-electron chi connectivity index (χ4n) is 2.62. The lowest BCUT2D eigenvalue weighted by Gasteiger charge is -2.37. The van der Waals surface area contributed by atoms with Crippen molar-refractivity contribution in [2.75, 3.05) is 18.8 Å². The molecule has 1 saturated heterocycles. The van der Waals surface area contributed by atoms with Crippen molar-refractivity contribution in [2.24, 2.45) is 0 Å². The van der Waals surface area contributed by atoms with Crippen LogP contribution < -0.4 is 5.32 Å². The van der Waals surface area contributed by atoms with Gasteiger partial charge in [0.05, 0.1) is 12.8 Å². The van der Waals surface area contributed by atoms with Gasteiger partial charge in [0, 0.05) is 41.7 Å². The van der Waals surface area contributed by atoms with Gasteiger partial charge in [-0.15, -0.1) is 0 Å². The Balaban J connectivity index is 1.51. The molecule has 0 radical (unpaired) electrons. The number of thioether (sulfide) groups is 1. The molecule has 2 aliphatic rings. The van der Waals surface area contributed by atoms with E-state index in [1.807, 2.05) is 6.26 Å². The van der Waals surface area contributed by atoms with E-state index in [1.54, 1.807) is 0 Å². The van der Waals surface area contributed by atoms with Gasteiger partial charge in [0.1, 0.15) is 5.76 Å². The van der Waals surface area contributed by atoms with E-state index in [0.717, 1.165) is 31.4 Å². The zero-order chi connectivity index (χ0) is 13.3. The highest BCUT2D eigenvalue weighted by Crippen LogP contribution is 2.30. The number of hydrogen-bond donors (Lipinski definition) is 1. The summed E-state index contributed by atoms with van der Waals surface area (Å²) in [5, 5.41) is 3.53. The van der Waals surface area contributed by atoms with Crippen LogP contribution in [0, 0.1) is 0 Å². The van der Waals surface area contributed by atoms with Crippen molar-refractivity contribution in [1.82, 2.24) is 10.2 Å². The van der Waals surface area contributed by atoms with Gasteiger partial charge in [-0.05, 0) is 32.8 Å². The van der Waals surface area contributed by atoms with Gasteiger partial charge in [0.15, 0.2) is 0 Å². The van der Waals surface area contributed by atoms with Crippen molar-refractivity contribution in [2.45, 2.75) is 50.6 Å². The van der Waals surface area contributed by atoms with E-state index in [4.69, 9.17) is 4.42 Å². The molecule has 0 aromatic carbocycles. The van der Waals surface area contributed by atoms with Crippen molar-refractivity contribution in [3.8, 4) is 0 Å². The summed E-state index contributed by atoms with van der Waals surface area (Å²) in [6.07, 6.45) is 4.59. The first kappa shape index (κ1) is 13.5. The van der Waals surface area contributed by atoms with Crippen LogP contribution >= 0.6 is 11.8 Å². The topological polar surface area (TPSA) is 28.4 Å². The van der Waals surface area contributed by atoms with Crippen molar-refractivity contribution >= 4 is 11.8 Å². The summed E-state index contributed by atoms with van der Waals surface area (Å²) < 4.78 is 6.08. The molecule has 3 nitrogen and oxygen atoms in total. The van der Waals surface area contributed by atoms with Gasteiger partial charge in [-0.25, -0.2) is 0 Å². The predicted octanol–water partition coefficient (Wildman–Crippen LogP) is 2.86. The SMILES string of the molecule is CC1(C)CN(Cc2cc(CNC3CC3)co2)CCS1. The van der Waals surface area contributed by atoms with Crippen LogP contribution in [0.5, 0.6) is 0 Å². The molecule has 0 bridgehead atoms. The van der Waals surface area contributed by atoms with Crippen LogP contribution in [0.25, 0.3) is 0 Å². The second-order valence-electron chi connectivity index (χ2n) is 6.40. The zero-order valence-electron chi connectivity index (χ0n) is 11.9. The molecule has 106 valence electrons. The molecule has 1 aliphatic carbocycles. The summed E-state index contributed by atoms with van der Waals surface area (Å²) in [5.74, 6) is 2.33. The number of nitrogens with zero attached hydrogens (tertiary/aromatic N) is 1. The summed E-state index contributed by atoms with van der Waals surface area (Å²) in [5.41, 5.74) is 1.28. The van der Waals surface area contributed by atoms with Crippen LogP contribution in [-0.2, 0) is 13.1 Å². The summed E-state index contributed by atoms with van der Waals surface area (Å²) in [7, 11) is 0. The van der Waals surface area contributed by atoms with E-state index in [-0.39, 0.29) is 0 Å². The average molecular weight is 280 g/mol. The molecular weight excluding hydrogens is 256 g/mol. The summed E-state index contributed by atoms with van der Waals surface area (Å²) in [6.45, 7) is 8.88. The maximum atomic E-state index is 5.70. The zero-order valence-corrected chi connectivity index (χ0v) is 12.8. The molecule has 3 rings (SSSR count). The molecule has 0 unspecified atom stereocenters. The first-order valence-corrected chi connectivity index (χ1v) is 8.25. The van der Waals surface area contributed by atoms with Crippen LogP contribution in [0.2, 0.25) is 0 Å². The summed E-state index contributed by atoms with van der Waals surface area (Å²) in [4.78, 5) is 2.51. The van der Waals surface area contributed by atoms with E-state index < -0.39 is 0 Å². The lowest BCUT2D eigenvalue weighted by Crippen LogP contribution is -2.42. The van der Waals surface area contributed by atoms with Gasteiger partial charge < -0.3 is 9.73 Å². The average Bonchev–Trinajstić information content (AvgIpc) is 3.06. The molecule has 2 fully saturated rings. The normalized spacial score (nSPS) is 23.7. The highest BCUT2D eigenvalue weighted by atomic mass is 32.2. The molecule has 1 aromatic heterocycles. The third-order valence-corrected chi connectivity index (χ3v) is 5.06. The third kappa shape index (κ3) is 4.01. The van der Waals surface area contributed by atoms with Gasteiger partial charge in [-0.3, -0.25) is 4.90 Å². The van der Waals surface area contributed by atoms with Crippen LogP contribution in [-0.4, -0.2) is 34.5 Å². The lowest BCUT2D eigenvalue weighted by atomic mass is 10.2. The number of furan rings is 1. The Morgan fingerprint density at radius 2 is 2.32 bits per heavy atom. The largest absolute Gasteiger partial charge is 0.468 e. The van der Waals surface area contributed by atoms with E-state index in [1.165, 1.54) is 30.7 Å². The van der Waals surface area contributed by atoms with Crippen LogP contribution in [0.15, 0.2) is 16.7 Å². The number of rotatable bonds is 5. The minimum absolute atomic E-state index is 0.376. The minimum atomic E-state index is 0.376. The lowest BCUT2D eigenvalue weighted by molar-refractivity contribution is 0.233. The van der Waals surface area contributed by atoms with Gasteiger partial charge in [-0.2, -0.15) is 11.8 Å². The first-order valence-electron chi connectivity index (χ1n) is 7.27. The predicted molar refractivity (Wildman–Crippen MR) is 80.4 cm³/mol. The molecule has 0 atom stereocenters. The summed E-state index contributed by atoms with van der Waals surface area (Å²) in [6, 6.07) is 2.97. The minimum Gasteiger partial charge on any atom is -0.468 e. The Morgan fingerprint density at radius 1 is 1.47 bits per heavy atom. The molecule has 1 saturated carbocycles. The Hall–Kier alpha value is -0.450. The van der Waals surface area contributed by atoms with Gasteiger partial charge in [0.2, 0.25) is 0 Å². The third-order valence-electron chi connectivity index (χ3n) is 3.76. The Morgan fingerprint density at radius 3 is 3.05 bits per heavy atom. The Bertz CT molecular complexity index is 426. The van der Waals surface area contributed by atoms with Gasteiger partial charge in [-0.1, -0.05) is 0 Å². The van der Waals surface area contributed by atoms with Crippen LogP contribution in [0.3, 0.4) is 0 Å². The highest BCUT2D eigenvalue weighted by molar-refractivity contribution is 8.00. The van der Waals surface area contributed by atoms with Crippen molar-refractivity contribution in [3.63, 3.8) is 0 Å². The maximum absolute atomic E-state index is 5.70. The first-order chi connectivity index (χ1) is 9.11. The van der Waals surface area contributed by atoms with E-state index in [0.29, 0.717) is 4.75 Å². The second kappa shape index (κ2) is 5.51. The van der Waals surface area contributed by atoms with E-state index in [2.05, 4.69) is 41.9 Å². The number of hydrogen-bond acceptors (Lipinski definition) is 4. The number of nitrogens with one attached hydrogen (secondary N) is 1. The van der Waals surface area contributed by atoms with Crippen molar-refractivity contribution < 1.29 is 4.42 Å². The summed E-state index contributed by atoms with van der Waals surface area (Å²) >= 11 is 2.08. The van der Waals surface area contributed by atoms with Crippen LogP contribution in [0.4, 0.5) is 0 Å². The molecular formula is C15H24N2OS. The molecule has 2 heterocycles. The smallest absolute Gasteiger partial charge is 0.118 e. The fourth-order valence-corrected chi connectivity index (χ4v) is 3.80. The Labute approximate surface area is 120 Å².